The molecular formula is C10H14N2O. The van der Waals surface area contributed by atoms with Gasteiger partial charge in [0.15, 0.2) is 0 Å². The highest BCUT2D eigenvalue weighted by Crippen LogP contribution is 2.28. The zero-order chi connectivity index (χ0) is 9.10. The molecule has 0 atom stereocenters. The molecule has 0 amide bonds. The monoisotopic (exact) mass is 178 g/mol. The largest absolute Gasteiger partial charge is 0.390 e. The summed E-state index contributed by atoms with van der Waals surface area (Å²) in [7, 11) is 0. The predicted molar refractivity (Wildman–Crippen MR) is 49.0 cm³/mol. The van der Waals surface area contributed by atoms with Gasteiger partial charge in [-0.05, 0) is 12.0 Å². The van der Waals surface area contributed by atoms with Crippen molar-refractivity contribution in [1.82, 2.24) is 9.97 Å². The molecule has 1 N–H and O–H groups in total. The average molecular weight is 178 g/mol. The van der Waals surface area contributed by atoms with Crippen molar-refractivity contribution >= 4 is 0 Å². The standard InChI is InChI=1S/C10H14N2O/c13-7-9-4-5-11-10(12-9)6-8-2-1-3-8/h4-5,8,13H,1-3,6-7H2. The van der Waals surface area contributed by atoms with Crippen LogP contribution in [-0.4, -0.2) is 15.1 Å². The maximum atomic E-state index is 8.88. The van der Waals surface area contributed by atoms with Crippen molar-refractivity contribution in [2.24, 2.45) is 5.92 Å². The van der Waals surface area contributed by atoms with Crippen LogP contribution in [0.2, 0.25) is 0 Å². The molecule has 1 aliphatic carbocycles. The van der Waals surface area contributed by atoms with Crippen LogP contribution in [0.25, 0.3) is 0 Å². The van der Waals surface area contributed by atoms with Gasteiger partial charge in [-0.3, -0.25) is 0 Å². The fourth-order valence-corrected chi connectivity index (χ4v) is 1.58. The van der Waals surface area contributed by atoms with Gasteiger partial charge in [-0.15, -0.1) is 0 Å². The summed E-state index contributed by atoms with van der Waals surface area (Å²) in [5.74, 6) is 1.67. The Hall–Kier alpha value is -0.960. The lowest BCUT2D eigenvalue weighted by Crippen LogP contribution is -2.15. The fraction of sp³-hybridized carbons (Fsp3) is 0.600. The minimum Gasteiger partial charge on any atom is -0.390 e. The summed E-state index contributed by atoms with van der Waals surface area (Å²) in [6, 6.07) is 1.75. The van der Waals surface area contributed by atoms with E-state index in [0.29, 0.717) is 0 Å². The van der Waals surface area contributed by atoms with Crippen molar-refractivity contribution in [3.63, 3.8) is 0 Å². The third-order valence-corrected chi connectivity index (χ3v) is 2.62. The molecule has 1 heterocycles. The average Bonchev–Trinajstić information content (AvgIpc) is 2.12. The third-order valence-electron chi connectivity index (χ3n) is 2.62. The van der Waals surface area contributed by atoms with Gasteiger partial charge in [-0.2, -0.15) is 0 Å². The number of nitrogens with zero attached hydrogens (tertiary/aromatic N) is 2. The summed E-state index contributed by atoms with van der Waals surface area (Å²) in [6.07, 6.45) is 6.68. The first-order valence-corrected chi connectivity index (χ1v) is 4.80. The second-order valence-corrected chi connectivity index (χ2v) is 3.62. The van der Waals surface area contributed by atoms with E-state index < -0.39 is 0 Å². The SMILES string of the molecule is OCc1ccnc(CC2CCC2)n1. The van der Waals surface area contributed by atoms with E-state index in [-0.39, 0.29) is 6.61 Å². The van der Waals surface area contributed by atoms with Crippen LogP contribution in [-0.2, 0) is 13.0 Å². The molecule has 0 aromatic carbocycles. The summed E-state index contributed by atoms with van der Waals surface area (Å²) in [4.78, 5) is 8.44. The number of hydrogen-bond acceptors (Lipinski definition) is 3. The molecule has 1 aliphatic rings. The number of rotatable bonds is 3. The first kappa shape index (κ1) is 8.63. The van der Waals surface area contributed by atoms with Crippen LogP contribution in [0.3, 0.4) is 0 Å². The summed E-state index contributed by atoms with van der Waals surface area (Å²) >= 11 is 0. The van der Waals surface area contributed by atoms with Gasteiger partial charge in [0.05, 0.1) is 12.3 Å². The van der Waals surface area contributed by atoms with E-state index in [9.17, 15) is 0 Å². The first-order chi connectivity index (χ1) is 6.38. The molecule has 13 heavy (non-hydrogen) atoms. The van der Waals surface area contributed by atoms with Crippen molar-refractivity contribution in [2.45, 2.75) is 32.3 Å². The Morgan fingerprint density at radius 1 is 1.46 bits per heavy atom. The van der Waals surface area contributed by atoms with E-state index in [1.165, 1.54) is 19.3 Å². The van der Waals surface area contributed by atoms with Gasteiger partial charge in [0, 0.05) is 12.6 Å². The van der Waals surface area contributed by atoms with Gasteiger partial charge >= 0.3 is 0 Å². The maximum Gasteiger partial charge on any atom is 0.128 e. The zero-order valence-electron chi connectivity index (χ0n) is 7.61. The lowest BCUT2D eigenvalue weighted by molar-refractivity contribution is 0.274. The molecule has 1 aromatic heterocycles. The minimum atomic E-state index is 0.0141. The number of aliphatic hydroxyl groups is 1. The van der Waals surface area contributed by atoms with Gasteiger partial charge in [0.25, 0.3) is 0 Å². The summed E-state index contributed by atoms with van der Waals surface area (Å²) in [5, 5.41) is 8.88. The maximum absolute atomic E-state index is 8.88. The van der Waals surface area contributed by atoms with Crippen molar-refractivity contribution < 1.29 is 5.11 Å². The second-order valence-electron chi connectivity index (χ2n) is 3.62. The summed E-state index contributed by atoms with van der Waals surface area (Å²) in [6.45, 7) is 0.0141. The number of aliphatic hydroxyl groups excluding tert-OH is 1. The van der Waals surface area contributed by atoms with Crippen molar-refractivity contribution in [3.8, 4) is 0 Å². The van der Waals surface area contributed by atoms with Gasteiger partial charge in [0.2, 0.25) is 0 Å². The Balaban J connectivity index is 2.01. The molecule has 2 rings (SSSR count). The van der Waals surface area contributed by atoms with Gasteiger partial charge < -0.3 is 5.11 Å². The molecule has 0 spiro atoms. The molecule has 70 valence electrons. The highest BCUT2D eigenvalue weighted by Gasteiger charge is 2.18. The van der Waals surface area contributed by atoms with Crippen LogP contribution in [0.4, 0.5) is 0 Å². The quantitative estimate of drug-likeness (QED) is 0.759. The van der Waals surface area contributed by atoms with Gasteiger partial charge in [-0.1, -0.05) is 19.3 Å². The van der Waals surface area contributed by atoms with E-state index >= 15 is 0 Å². The van der Waals surface area contributed by atoms with Crippen LogP contribution in [0.5, 0.6) is 0 Å². The van der Waals surface area contributed by atoms with Crippen LogP contribution >= 0.6 is 0 Å². The topological polar surface area (TPSA) is 46.0 Å². The second kappa shape index (κ2) is 3.83. The molecule has 1 saturated carbocycles. The highest BCUT2D eigenvalue weighted by molar-refractivity contribution is 5.02. The van der Waals surface area contributed by atoms with E-state index in [4.69, 9.17) is 5.11 Å². The Morgan fingerprint density at radius 3 is 2.92 bits per heavy atom. The number of hydrogen-bond donors (Lipinski definition) is 1. The van der Waals surface area contributed by atoms with E-state index in [1.54, 1.807) is 12.3 Å². The Kier molecular flexibility index (Phi) is 2.54. The Morgan fingerprint density at radius 2 is 2.31 bits per heavy atom. The lowest BCUT2D eigenvalue weighted by atomic mass is 9.83. The Bertz CT molecular complexity index is 284. The summed E-state index contributed by atoms with van der Waals surface area (Å²) in [5.41, 5.74) is 0.726. The van der Waals surface area contributed by atoms with Crippen LogP contribution in [0.1, 0.15) is 30.8 Å². The summed E-state index contributed by atoms with van der Waals surface area (Å²) < 4.78 is 0. The Labute approximate surface area is 77.8 Å². The molecule has 1 aromatic rings. The predicted octanol–water partition coefficient (Wildman–Crippen LogP) is 1.31. The minimum absolute atomic E-state index is 0.0141. The highest BCUT2D eigenvalue weighted by atomic mass is 16.3. The van der Waals surface area contributed by atoms with Crippen molar-refractivity contribution in [2.75, 3.05) is 0 Å². The molecule has 3 heteroatoms. The molecule has 0 saturated heterocycles. The van der Waals surface area contributed by atoms with Gasteiger partial charge in [-0.25, -0.2) is 9.97 Å². The molecule has 3 nitrogen and oxygen atoms in total. The third kappa shape index (κ3) is 2.04. The van der Waals surface area contributed by atoms with E-state index in [2.05, 4.69) is 9.97 Å². The molecule has 0 aliphatic heterocycles. The lowest BCUT2D eigenvalue weighted by Gasteiger charge is -2.24. The smallest absolute Gasteiger partial charge is 0.128 e. The van der Waals surface area contributed by atoms with Crippen molar-refractivity contribution in [3.05, 3.63) is 23.8 Å². The van der Waals surface area contributed by atoms with Crippen molar-refractivity contribution in [1.29, 1.82) is 0 Å². The molecule has 0 bridgehead atoms. The zero-order valence-corrected chi connectivity index (χ0v) is 7.61. The molecular weight excluding hydrogens is 164 g/mol. The first-order valence-electron chi connectivity index (χ1n) is 4.80. The fourth-order valence-electron chi connectivity index (χ4n) is 1.58. The van der Waals surface area contributed by atoms with Crippen LogP contribution < -0.4 is 0 Å². The number of aromatic nitrogens is 2. The van der Waals surface area contributed by atoms with E-state index in [1.807, 2.05) is 0 Å². The van der Waals surface area contributed by atoms with E-state index in [0.717, 1.165) is 23.9 Å². The van der Waals surface area contributed by atoms with Crippen LogP contribution in [0, 0.1) is 5.92 Å². The normalized spacial score (nSPS) is 17.0. The molecule has 0 radical (unpaired) electrons. The molecule has 0 unspecified atom stereocenters. The van der Waals surface area contributed by atoms with Gasteiger partial charge in [0.1, 0.15) is 5.82 Å². The van der Waals surface area contributed by atoms with Crippen LogP contribution in [0.15, 0.2) is 12.3 Å². The molecule has 1 fully saturated rings.